The number of aliphatic hydroxyl groups is 4. The summed E-state index contributed by atoms with van der Waals surface area (Å²) in [5, 5.41) is 41.0. The van der Waals surface area contributed by atoms with E-state index in [0.717, 1.165) is 10.9 Å². The number of anilines is 2. The Hall–Kier alpha value is -3.10. The Balaban J connectivity index is 1.31. The second kappa shape index (κ2) is 10.5. The fraction of sp³-hybridized carbons (Fsp3) is 0.526. The average molecular weight is 572 g/mol. The number of nitrogens with zero attached hydrogens (tertiary/aromatic N) is 6. The highest BCUT2D eigenvalue weighted by Gasteiger charge is 2.50. The van der Waals surface area contributed by atoms with Crippen LogP contribution in [0.1, 0.15) is 12.5 Å². The van der Waals surface area contributed by atoms with Gasteiger partial charge in [0, 0.05) is 6.20 Å². The fourth-order valence-electron chi connectivity index (χ4n) is 4.33. The number of hydrogen-bond acceptors (Lipinski definition) is 16. The Morgan fingerprint density at radius 3 is 2.49 bits per heavy atom. The molecule has 19 nitrogen and oxygen atoms in total. The Morgan fingerprint density at radius 1 is 1.03 bits per heavy atom. The maximum Gasteiger partial charge on any atom is 0.472 e. The van der Waals surface area contributed by atoms with Crippen molar-refractivity contribution in [1.29, 1.82) is 0 Å². The van der Waals surface area contributed by atoms with Crippen molar-refractivity contribution in [2.45, 2.75) is 49.1 Å². The van der Waals surface area contributed by atoms with E-state index < -0.39 is 75.8 Å². The number of imidazole rings is 1. The molecule has 0 spiro atoms. The Bertz CT molecular complexity index is 1450. The molecule has 39 heavy (non-hydrogen) atoms. The summed E-state index contributed by atoms with van der Waals surface area (Å²) in [6.07, 6.45) is -8.09. The first-order valence-corrected chi connectivity index (χ1v) is 12.9. The lowest BCUT2D eigenvalue weighted by atomic mass is 10.1. The molecule has 2 aliphatic rings. The van der Waals surface area contributed by atoms with Gasteiger partial charge >= 0.3 is 13.5 Å². The molecule has 2 aliphatic heterocycles. The van der Waals surface area contributed by atoms with Gasteiger partial charge < -0.3 is 46.3 Å². The van der Waals surface area contributed by atoms with Crippen LogP contribution >= 0.6 is 7.82 Å². The quantitative estimate of drug-likeness (QED) is 0.130. The van der Waals surface area contributed by atoms with Gasteiger partial charge in [0.05, 0.1) is 19.5 Å². The first-order valence-electron chi connectivity index (χ1n) is 11.4. The van der Waals surface area contributed by atoms with E-state index in [0.29, 0.717) is 0 Å². The van der Waals surface area contributed by atoms with E-state index in [9.17, 15) is 34.7 Å². The van der Waals surface area contributed by atoms with Crippen LogP contribution in [0.4, 0.5) is 11.6 Å². The predicted molar refractivity (Wildman–Crippen MR) is 126 cm³/mol. The first-order chi connectivity index (χ1) is 18.5. The van der Waals surface area contributed by atoms with E-state index in [4.69, 9.17) is 30.0 Å². The molecule has 3 aromatic heterocycles. The van der Waals surface area contributed by atoms with Gasteiger partial charge in [-0.05, 0) is 6.07 Å². The molecule has 9 atom stereocenters. The third-order valence-electron chi connectivity index (χ3n) is 6.27. The summed E-state index contributed by atoms with van der Waals surface area (Å²) in [7, 11) is -5.01. The molecule has 9 N–H and O–H groups in total. The molecule has 2 saturated heterocycles. The number of rotatable bonds is 8. The van der Waals surface area contributed by atoms with Crippen LogP contribution in [-0.2, 0) is 23.1 Å². The van der Waals surface area contributed by atoms with E-state index in [1.54, 1.807) is 0 Å². The van der Waals surface area contributed by atoms with Crippen molar-refractivity contribution < 1.29 is 48.4 Å². The molecular formula is C19H25N8O11P. The smallest absolute Gasteiger partial charge is 0.394 e. The topological polar surface area (TPSA) is 286 Å². The third-order valence-corrected chi connectivity index (χ3v) is 7.26. The maximum atomic E-state index is 12.9. The number of phosphoric ester groups is 1. The van der Waals surface area contributed by atoms with E-state index in [-0.39, 0.29) is 22.8 Å². The fourth-order valence-corrected chi connectivity index (χ4v) is 5.26. The number of aromatic nitrogens is 6. The van der Waals surface area contributed by atoms with Crippen LogP contribution in [0.3, 0.4) is 0 Å². The Kier molecular flexibility index (Phi) is 7.37. The lowest BCUT2D eigenvalue weighted by molar-refractivity contribution is -0.0635. The van der Waals surface area contributed by atoms with E-state index >= 15 is 0 Å². The molecule has 0 aliphatic carbocycles. The highest BCUT2D eigenvalue weighted by atomic mass is 31.2. The summed E-state index contributed by atoms with van der Waals surface area (Å²) < 4.78 is 36.3. The standard InChI is InChI=1S/C19H25N8O11P/c20-9-1-2-26(19(32)25-9)17-13(31)11(29)8(37-17)4-35-39(33,34)38-14-12(30)7(3-28)36-18(14)27-6-24-10-15(21)22-5-23-16(10)27/h1-2,5-8,11-14,17-18,28-31H,3-4H2,(H,33,34)(H2,20,25,32)(H2,21,22,23)/t7-,8-,11-,12-,13-,14-,17-,18-/m1/s1. The number of aliphatic hydroxyl groups excluding tert-OH is 4. The summed E-state index contributed by atoms with van der Waals surface area (Å²) in [4.78, 5) is 38.0. The molecule has 20 heteroatoms. The minimum absolute atomic E-state index is 0.0530. The zero-order chi connectivity index (χ0) is 28.1. The van der Waals surface area contributed by atoms with E-state index in [1.165, 1.54) is 23.2 Å². The van der Waals surface area contributed by atoms with Gasteiger partial charge in [-0.15, -0.1) is 0 Å². The monoisotopic (exact) mass is 572 g/mol. The van der Waals surface area contributed by atoms with Crippen LogP contribution in [0, 0.1) is 0 Å². The second-order valence-electron chi connectivity index (χ2n) is 8.74. The van der Waals surface area contributed by atoms with Crippen molar-refractivity contribution in [3.8, 4) is 0 Å². The van der Waals surface area contributed by atoms with Crippen molar-refractivity contribution in [3.63, 3.8) is 0 Å². The lowest BCUT2D eigenvalue weighted by Crippen LogP contribution is -2.36. The Morgan fingerprint density at radius 2 is 1.77 bits per heavy atom. The molecule has 5 heterocycles. The van der Waals surface area contributed by atoms with Crippen molar-refractivity contribution in [2.75, 3.05) is 24.7 Å². The van der Waals surface area contributed by atoms with Gasteiger partial charge in [-0.2, -0.15) is 4.98 Å². The molecular weight excluding hydrogens is 547 g/mol. The van der Waals surface area contributed by atoms with Crippen LogP contribution < -0.4 is 17.2 Å². The van der Waals surface area contributed by atoms with Gasteiger partial charge in [0.15, 0.2) is 23.9 Å². The molecule has 0 amide bonds. The number of ether oxygens (including phenoxy) is 2. The number of phosphoric acid groups is 1. The van der Waals surface area contributed by atoms with Gasteiger partial charge in [-0.1, -0.05) is 0 Å². The van der Waals surface area contributed by atoms with Crippen molar-refractivity contribution in [2.24, 2.45) is 0 Å². The molecule has 0 aromatic carbocycles. The van der Waals surface area contributed by atoms with Crippen LogP contribution in [0.25, 0.3) is 11.2 Å². The maximum absolute atomic E-state index is 12.9. The number of fused-ring (bicyclic) bond motifs is 1. The highest BCUT2D eigenvalue weighted by Crippen LogP contribution is 2.50. The average Bonchev–Trinajstić information content (AvgIpc) is 3.53. The molecule has 1 unspecified atom stereocenters. The molecule has 3 aromatic rings. The van der Waals surface area contributed by atoms with E-state index in [2.05, 4.69) is 19.9 Å². The molecule has 0 saturated carbocycles. The number of nitrogen functional groups attached to an aromatic ring is 2. The molecule has 2 fully saturated rings. The molecule has 0 bridgehead atoms. The summed E-state index contributed by atoms with van der Waals surface area (Å²) in [6, 6.07) is 1.28. The first kappa shape index (κ1) is 27.5. The minimum Gasteiger partial charge on any atom is -0.394 e. The summed E-state index contributed by atoms with van der Waals surface area (Å²) in [5.74, 6) is -0.0146. The van der Waals surface area contributed by atoms with Crippen molar-refractivity contribution >= 4 is 30.6 Å². The van der Waals surface area contributed by atoms with Crippen molar-refractivity contribution in [3.05, 3.63) is 35.4 Å². The van der Waals surface area contributed by atoms with E-state index in [1.807, 2.05) is 0 Å². The molecule has 5 rings (SSSR count). The summed E-state index contributed by atoms with van der Waals surface area (Å²) in [6.45, 7) is -1.42. The predicted octanol–water partition coefficient (Wildman–Crippen LogP) is -3.38. The van der Waals surface area contributed by atoms with Crippen LogP contribution in [0.5, 0.6) is 0 Å². The van der Waals surface area contributed by atoms with Crippen LogP contribution in [0.15, 0.2) is 29.7 Å². The van der Waals surface area contributed by atoms with Crippen LogP contribution in [0.2, 0.25) is 0 Å². The normalized spacial score (nSPS) is 32.5. The van der Waals surface area contributed by atoms with Crippen LogP contribution in [-0.4, -0.2) is 104 Å². The third kappa shape index (κ3) is 5.12. The second-order valence-corrected chi connectivity index (χ2v) is 10.2. The van der Waals surface area contributed by atoms with Crippen molar-refractivity contribution in [1.82, 2.24) is 29.1 Å². The van der Waals surface area contributed by atoms with Gasteiger partial charge in [0.1, 0.15) is 54.3 Å². The minimum atomic E-state index is -5.01. The lowest BCUT2D eigenvalue weighted by Gasteiger charge is -2.24. The summed E-state index contributed by atoms with van der Waals surface area (Å²) in [5.41, 5.74) is 10.7. The zero-order valence-electron chi connectivity index (χ0n) is 19.8. The van der Waals surface area contributed by atoms with Gasteiger partial charge in [0.25, 0.3) is 0 Å². The SMILES string of the molecule is Nc1ccn([C@@H]2O[C@H](COP(=O)(O)O[C@@H]3[C@H](O)[C@@H](CO)O[C@H]3n3cnc4c(N)ncnc43)[C@@H](O)[C@H]2O)c(=O)n1. The number of hydrogen-bond donors (Lipinski definition) is 7. The summed E-state index contributed by atoms with van der Waals surface area (Å²) >= 11 is 0. The number of nitrogens with two attached hydrogens (primary N) is 2. The highest BCUT2D eigenvalue weighted by molar-refractivity contribution is 7.47. The van der Waals surface area contributed by atoms with Gasteiger partial charge in [0.2, 0.25) is 0 Å². The Labute approximate surface area is 217 Å². The zero-order valence-corrected chi connectivity index (χ0v) is 20.7. The largest absolute Gasteiger partial charge is 0.472 e. The van der Waals surface area contributed by atoms with Gasteiger partial charge in [-0.25, -0.2) is 24.3 Å². The van der Waals surface area contributed by atoms with Gasteiger partial charge in [-0.3, -0.25) is 18.2 Å². The molecule has 0 radical (unpaired) electrons. The molecule has 212 valence electrons.